The molecule has 2 aromatic rings. The molecule has 5 heteroatoms. The third-order valence-electron chi connectivity index (χ3n) is 3.44. The van der Waals surface area contributed by atoms with Gasteiger partial charge in [-0.05, 0) is 44.9 Å². The molecule has 0 saturated carbocycles. The first-order chi connectivity index (χ1) is 10.5. The summed E-state index contributed by atoms with van der Waals surface area (Å²) in [7, 11) is 0. The van der Waals surface area contributed by atoms with Gasteiger partial charge in [-0.1, -0.05) is 19.1 Å². The highest BCUT2D eigenvalue weighted by molar-refractivity contribution is 5.93. The number of amides is 1. The lowest BCUT2D eigenvalue weighted by atomic mass is 10.2. The topological polar surface area (TPSA) is 56.2 Å². The number of rotatable bonds is 6. The molecule has 0 radical (unpaired) electrons. The van der Waals surface area contributed by atoms with Crippen LogP contribution in [0.15, 0.2) is 24.3 Å². The van der Waals surface area contributed by atoms with Gasteiger partial charge in [0.05, 0.1) is 17.1 Å². The Hall–Kier alpha value is -2.30. The van der Waals surface area contributed by atoms with E-state index in [0.717, 1.165) is 35.6 Å². The monoisotopic (exact) mass is 301 g/mol. The molecule has 0 unspecified atom stereocenters. The van der Waals surface area contributed by atoms with Crippen LogP contribution in [0.4, 0.5) is 5.69 Å². The van der Waals surface area contributed by atoms with Crippen molar-refractivity contribution in [2.45, 2.75) is 40.7 Å². The minimum Gasteiger partial charge on any atom is -0.484 e. The molecule has 5 nitrogen and oxygen atoms in total. The van der Waals surface area contributed by atoms with Crippen molar-refractivity contribution in [1.82, 2.24) is 9.78 Å². The average Bonchev–Trinajstić information content (AvgIpc) is 2.73. The Kier molecular flexibility index (Phi) is 5.20. The van der Waals surface area contributed by atoms with Gasteiger partial charge in [0.15, 0.2) is 6.61 Å². The van der Waals surface area contributed by atoms with Crippen LogP contribution in [0.3, 0.4) is 0 Å². The van der Waals surface area contributed by atoms with Crippen LogP contribution in [0.5, 0.6) is 5.75 Å². The van der Waals surface area contributed by atoms with Gasteiger partial charge >= 0.3 is 0 Å². The second-order valence-corrected chi connectivity index (χ2v) is 5.42. The number of anilines is 1. The molecule has 1 N–H and O–H groups in total. The van der Waals surface area contributed by atoms with Gasteiger partial charge in [0.1, 0.15) is 5.75 Å². The Bertz CT molecular complexity index is 662. The van der Waals surface area contributed by atoms with Gasteiger partial charge < -0.3 is 10.1 Å². The minimum atomic E-state index is -0.177. The van der Waals surface area contributed by atoms with Crippen LogP contribution in [0, 0.1) is 20.8 Å². The van der Waals surface area contributed by atoms with Gasteiger partial charge in [-0.15, -0.1) is 0 Å². The number of aryl methyl sites for hydroxylation is 3. The maximum atomic E-state index is 12.1. The quantitative estimate of drug-likeness (QED) is 0.891. The summed E-state index contributed by atoms with van der Waals surface area (Å²) in [5.41, 5.74) is 3.69. The second-order valence-electron chi connectivity index (χ2n) is 5.42. The highest BCUT2D eigenvalue weighted by Gasteiger charge is 2.14. The molecule has 0 aliphatic carbocycles. The molecular formula is C17H23N3O2. The Balaban J connectivity index is 1.97. The SMILES string of the molecule is CCCn1nc(C)c(NC(=O)COc2cccc(C)c2)c1C. The van der Waals surface area contributed by atoms with Crippen molar-refractivity contribution < 1.29 is 9.53 Å². The number of benzene rings is 1. The van der Waals surface area contributed by atoms with E-state index in [0.29, 0.717) is 5.75 Å². The predicted octanol–water partition coefficient (Wildman–Crippen LogP) is 3.24. The first-order valence-electron chi connectivity index (χ1n) is 7.54. The number of nitrogens with zero attached hydrogens (tertiary/aromatic N) is 2. The van der Waals surface area contributed by atoms with Crippen molar-refractivity contribution in [3.8, 4) is 5.75 Å². The average molecular weight is 301 g/mol. The third kappa shape index (κ3) is 3.87. The maximum absolute atomic E-state index is 12.1. The number of aromatic nitrogens is 2. The standard InChI is InChI=1S/C17H23N3O2/c1-5-9-20-14(4)17(13(3)19-20)18-16(21)11-22-15-8-6-7-12(2)10-15/h6-8,10H,5,9,11H2,1-4H3,(H,18,21). The molecular weight excluding hydrogens is 278 g/mol. The van der Waals surface area contributed by atoms with Crippen molar-refractivity contribution in [3.63, 3.8) is 0 Å². The summed E-state index contributed by atoms with van der Waals surface area (Å²) in [6.07, 6.45) is 1.01. The maximum Gasteiger partial charge on any atom is 0.262 e. The zero-order valence-electron chi connectivity index (χ0n) is 13.6. The largest absolute Gasteiger partial charge is 0.484 e. The van der Waals surface area contributed by atoms with Gasteiger partial charge in [-0.2, -0.15) is 5.10 Å². The fourth-order valence-electron chi connectivity index (χ4n) is 2.34. The molecule has 1 amide bonds. The molecule has 0 aliphatic rings. The molecule has 0 saturated heterocycles. The Morgan fingerprint density at radius 2 is 2.09 bits per heavy atom. The number of hydrogen-bond donors (Lipinski definition) is 1. The zero-order chi connectivity index (χ0) is 16.1. The number of hydrogen-bond acceptors (Lipinski definition) is 3. The van der Waals surface area contributed by atoms with E-state index in [2.05, 4.69) is 17.3 Å². The molecule has 1 aromatic carbocycles. The normalized spacial score (nSPS) is 10.5. The Labute approximate surface area is 131 Å². The lowest BCUT2D eigenvalue weighted by Crippen LogP contribution is -2.21. The van der Waals surface area contributed by atoms with E-state index in [-0.39, 0.29) is 12.5 Å². The molecule has 2 rings (SSSR count). The van der Waals surface area contributed by atoms with Gasteiger partial charge in [-0.3, -0.25) is 9.48 Å². The predicted molar refractivity (Wildman–Crippen MR) is 87.3 cm³/mol. The summed E-state index contributed by atoms with van der Waals surface area (Å²) in [6, 6.07) is 7.65. The number of ether oxygens (including phenoxy) is 1. The third-order valence-corrected chi connectivity index (χ3v) is 3.44. The van der Waals surface area contributed by atoms with Crippen molar-refractivity contribution in [2.24, 2.45) is 0 Å². The first kappa shape index (κ1) is 16.1. The summed E-state index contributed by atoms with van der Waals surface area (Å²) in [5, 5.41) is 7.34. The summed E-state index contributed by atoms with van der Waals surface area (Å²) < 4.78 is 7.44. The van der Waals surface area contributed by atoms with Crippen LogP contribution in [-0.2, 0) is 11.3 Å². The second kappa shape index (κ2) is 7.11. The van der Waals surface area contributed by atoms with Crippen molar-refractivity contribution in [3.05, 3.63) is 41.2 Å². The zero-order valence-corrected chi connectivity index (χ0v) is 13.6. The lowest BCUT2D eigenvalue weighted by molar-refractivity contribution is -0.118. The lowest BCUT2D eigenvalue weighted by Gasteiger charge is -2.08. The van der Waals surface area contributed by atoms with Crippen LogP contribution in [0.2, 0.25) is 0 Å². The molecule has 0 atom stereocenters. The first-order valence-corrected chi connectivity index (χ1v) is 7.54. The van der Waals surface area contributed by atoms with Crippen LogP contribution >= 0.6 is 0 Å². The summed E-state index contributed by atoms with van der Waals surface area (Å²) >= 11 is 0. The molecule has 1 aromatic heterocycles. The summed E-state index contributed by atoms with van der Waals surface area (Å²) in [5.74, 6) is 0.522. The van der Waals surface area contributed by atoms with Gasteiger partial charge in [0.2, 0.25) is 0 Å². The highest BCUT2D eigenvalue weighted by Crippen LogP contribution is 2.20. The fourth-order valence-corrected chi connectivity index (χ4v) is 2.34. The Morgan fingerprint density at radius 1 is 1.32 bits per heavy atom. The van der Waals surface area contributed by atoms with E-state index in [1.807, 2.05) is 49.7 Å². The minimum absolute atomic E-state index is 0.0126. The van der Waals surface area contributed by atoms with Gasteiger partial charge in [0, 0.05) is 6.54 Å². The summed E-state index contributed by atoms with van der Waals surface area (Å²) in [4.78, 5) is 12.1. The van der Waals surface area contributed by atoms with E-state index < -0.39 is 0 Å². The van der Waals surface area contributed by atoms with Crippen molar-refractivity contribution in [2.75, 3.05) is 11.9 Å². The van der Waals surface area contributed by atoms with Crippen molar-refractivity contribution in [1.29, 1.82) is 0 Å². The van der Waals surface area contributed by atoms with Crippen LogP contribution in [0.25, 0.3) is 0 Å². The van der Waals surface area contributed by atoms with Gasteiger partial charge in [-0.25, -0.2) is 0 Å². The summed E-state index contributed by atoms with van der Waals surface area (Å²) in [6.45, 7) is 8.79. The van der Waals surface area contributed by atoms with E-state index >= 15 is 0 Å². The highest BCUT2D eigenvalue weighted by atomic mass is 16.5. The van der Waals surface area contributed by atoms with Crippen LogP contribution in [0.1, 0.15) is 30.3 Å². The fraction of sp³-hybridized carbons (Fsp3) is 0.412. The molecule has 1 heterocycles. The molecule has 118 valence electrons. The number of carbonyl (C=O) groups excluding carboxylic acids is 1. The molecule has 0 aliphatic heterocycles. The smallest absolute Gasteiger partial charge is 0.262 e. The van der Waals surface area contributed by atoms with Crippen molar-refractivity contribution >= 4 is 11.6 Å². The number of nitrogens with one attached hydrogen (secondary N) is 1. The van der Waals surface area contributed by atoms with E-state index in [4.69, 9.17) is 4.74 Å². The molecule has 22 heavy (non-hydrogen) atoms. The van der Waals surface area contributed by atoms with Gasteiger partial charge in [0.25, 0.3) is 5.91 Å². The van der Waals surface area contributed by atoms with Crippen LogP contribution < -0.4 is 10.1 Å². The van der Waals surface area contributed by atoms with E-state index in [1.54, 1.807) is 0 Å². The molecule has 0 bridgehead atoms. The Morgan fingerprint density at radius 3 is 2.77 bits per heavy atom. The van der Waals surface area contributed by atoms with Crippen LogP contribution in [-0.4, -0.2) is 22.3 Å². The molecule has 0 fully saturated rings. The molecule has 0 spiro atoms. The van der Waals surface area contributed by atoms with E-state index in [9.17, 15) is 4.79 Å². The number of carbonyl (C=O) groups is 1. The van der Waals surface area contributed by atoms with E-state index in [1.165, 1.54) is 0 Å².